The summed E-state index contributed by atoms with van der Waals surface area (Å²) in [7, 11) is 0. The smallest absolute Gasteiger partial charge is 0.0991 e. The van der Waals surface area contributed by atoms with Gasteiger partial charge in [-0.1, -0.05) is 49.4 Å². The molecule has 0 aromatic heterocycles. The second-order valence-corrected chi connectivity index (χ2v) is 8.47. The molecule has 3 rings (SSSR count). The molecule has 0 radical (unpaired) electrons. The fraction of sp³-hybridized carbons (Fsp3) is 0.227. The summed E-state index contributed by atoms with van der Waals surface area (Å²) in [6.07, 6.45) is 9.11. The van der Waals surface area contributed by atoms with Gasteiger partial charge in [0.15, 0.2) is 0 Å². The Bertz CT molecular complexity index is 795. The minimum absolute atomic E-state index is 0.519. The van der Waals surface area contributed by atoms with E-state index < -0.39 is 0 Å². The van der Waals surface area contributed by atoms with Gasteiger partial charge in [0.25, 0.3) is 0 Å². The van der Waals surface area contributed by atoms with Crippen LogP contribution in [0.4, 0.5) is 0 Å². The van der Waals surface area contributed by atoms with E-state index in [0.29, 0.717) is 10.8 Å². The third-order valence-electron chi connectivity index (χ3n) is 3.99. The zero-order chi connectivity index (χ0) is 17.5. The van der Waals surface area contributed by atoms with Gasteiger partial charge in [-0.3, -0.25) is 0 Å². The number of benzene rings is 2. The lowest BCUT2D eigenvalue weighted by atomic mass is 10.0. The molecule has 0 heterocycles. The van der Waals surface area contributed by atoms with Crippen LogP contribution in [0, 0.1) is 11.3 Å². The van der Waals surface area contributed by atoms with Crippen molar-refractivity contribution in [1.29, 1.82) is 5.26 Å². The highest BCUT2D eigenvalue weighted by atomic mass is 32.2. The van der Waals surface area contributed by atoms with E-state index >= 15 is 0 Å². The van der Waals surface area contributed by atoms with Crippen molar-refractivity contribution in [2.75, 3.05) is 5.75 Å². The Balaban J connectivity index is 1.62. The van der Waals surface area contributed by atoms with Gasteiger partial charge in [-0.25, -0.2) is 0 Å². The van der Waals surface area contributed by atoms with Crippen LogP contribution in [0.25, 0.3) is 11.1 Å². The third kappa shape index (κ3) is 5.04. The van der Waals surface area contributed by atoms with Crippen LogP contribution in [0.2, 0.25) is 0 Å². The van der Waals surface area contributed by atoms with E-state index in [2.05, 4.69) is 55.5 Å². The first kappa shape index (κ1) is 17.9. The summed E-state index contributed by atoms with van der Waals surface area (Å²) in [5.74, 6) is 1.20. The van der Waals surface area contributed by atoms with Gasteiger partial charge in [0.2, 0.25) is 0 Å². The van der Waals surface area contributed by atoms with E-state index in [4.69, 9.17) is 5.26 Å². The Morgan fingerprint density at radius 2 is 1.72 bits per heavy atom. The van der Waals surface area contributed by atoms with Crippen molar-refractivity contribution in [1.82, 2.24) is 0 Å². The minimum atomic E-state index is 0.519. The zero-order valence-electron chi connectivity index (χ0n) is 14.3. The van der Waals surface area contributed by atoms with Gasteiger partial charge in [-0.2, -0.15) is 5.26 Å². The van der Waals surface area contributed by atoms with E-state index in [0.717, 1.165) is 12.0 Å². The predicted octanol–water partition coefficient (Wildman–Crippen LogP) is 6.67. The Morgan fingerprint density at radius 1 is 1.04 bits per heavy atom. The fourth-order valence-corrected chi connectivity index (χ4v) is 4.80. The average Bonchev–Trinajstić information content (AvgIpc) is 2.67. The van der Waals surface area contributed by atoms with Crippen molar-refractivity contribution < 1.29 is 0 Å². The number of thioether (sulfide) groups is 2. The molecular weight excluding hydrogens is 342 g/mol. The van der Waals surface area contributed by atoms with Crippen LogP contribution in [-0.4, -0.2) is 11.0 Å². The predicted molar refractivity (Wildman–Crippen MR) is 111 cm³/mol. The molecule has 0 bridgehead atoms. The molecule has 0 saturated carbocycles. The molecule has 0 spiro atoms. The molecule has 0 saturated heterocycles. The maximum Gasteiger partial charge on any atom is 0.0991 e. The van der Waals surface area contributed by atoms with Crippen LogP contribution in [0.3, 0.4) is 0 Å². The van der Waals surface area contributed by atoms with Crippen molar-refractivity contribution in [3.05, 3.63) is 77.2 Å². The van der Waals surface area contributed by atoms with Gasteiger partial charge < -0.3 is 0 Å². The molecule has 1 unspecified atom stereocenters. The number of nitrogens with zero attached hydrogens (tertiary/aromatic N) is 1. The standard InChI is InChI=1S/C22H21NS2/c1-2-14-24-21-4-3-5-22(15-21)25-20-12-10-19(11-13-20)18-8-6-17(16-23)7-9-18/h3-13,22H,2,14-15H2,1H3. The lowest BCUT2D eigenvalue weighted by molar-refractivity contribution is 1.03. The van der Waals surface area contributed by atoms with Gasteiger partial charge in [0.05, 0.1) is 11.6 Å². The van der Waals surface area contributed by atoms with E-state index in [-0.39, 0.29) is 0 Å². The largest absolute Gasteiger partial charge is 0.192 e. The second-order valence-electron chi connectivity index (χ2n) is 5.94. The SMILES string of the molecule is CCCSC1=CC=CC(Sc2ccc(-c3ccc(C#N)cc3)cc2)C1. The van der Waals surface area contributed by atoms with Crippen LogP contribution in [-0.2, 0) is 0 Å². The number of rotatable bonds is 6. The van der Waals surface area contributed by atoms with E-state index in [1.165, 1.54) is 27.5 Å². The maximum absolute atomic E-state index is 8.89. The van der Waals surface area contributed by atoms with Crippen LogP contribution in [0.1, 0.15) is 25.3 Å². The van der Waals surface area contributed by atoms with Crippen molar-refractivity contribution >= 4 is 23.5 Å². The van der Waals surface area contributed by atoms with Gasteiger partial charge in [0.1, 0.15) is 0 Å². The van der Waals surface area contributed by atoms with Gasteiger partial charge in [0, 0.05) is 10.1 Å². The summed E-state index contributed by atoms with van der Waals surface area (Å²) < 4.78 is 0. The second kappa shape index (κ2) is 8.99. The molecule has 1 aliphatic carbocycles. The normalized spacial score (nSPS) is 16.3. The number of allylic oxidation sites excluding steroid dienone is 3. The van der Waals surface area contributed by atoms with Crippen molar-refractivity contribution in [3.63, 3.8) is 0 Å². The molecule has 0 aliphatic heterocycles. The topological polar surface area (TPSA) is 23.8 Å². The zero-order valence-corrected chi connectivity index (χ0v) is 15.9. The number of hydrogen-bond acceptors (Lipinski definition) is 3. The summed E-state index contributed by atoms with van der Waals surface area (Å²) in [6.45, 7) is 2.23. The van der Waals surface area contributed by atoms with Crippen LogP contribution >= 0.6 is 23.5 Å². The highest BCUT2D eigenvalue weighted by molar-refractivity contribution is 8.03. The van der Waals surface area contributed by atoms with Crippen LogP contribution in [0.5, 0.6) is 0 Å². The molecule has 0 amide bonds. The van der Waals surface area contributed by atoms with E-state index in [9.17, 15) is 0 Å². The molecule has 1 nitrogen and oxygen atoms in total. The molecular formula is C22H21NS2. The molecule has 0 N–H and O–H groups in total. The Morgan fingerprint density at radius 3 is 2.36 bits per heavy atom. The van der Waals surface area contributed by atoms with Crippen LogP contribution < -0.4 is 0 Å². The van der Waals surface area contributed by atoms with Crippen molar-refractivity contribution in [2.24, 2.45) is 0 Å². The Kier molecular flexibility index (Phi) is 6.44. The summed E-state index contributed by atoms with van der Waals surface area (Å²) >= 11 is 3.92. The average molecular weight is 364 g/mol. The fourth-order valence-electron chi connectivity index (χ4n) is 2.68. The Hall–Kier alpha value is -1.89. The molecule has 2 aromatic carbocycles. The molecule has 25 heavy (non-hydrogen) atoms. The summed E-state index contributed by atoms with van der Waals surface area (Å²) in [5, 5.41) is 9.41. The van der Waals surface area contributed by atoms with Gasteiger partial charge >= 0.3 is 0 Å². The van der Waals surface area contributed by atoms with Gasteiger partial charge in [-0.15, -0.1) is 23.5 Å². The first-order valence-corrected chi connectivity index (χ1v) is 10.4. The highest BCUT2D eigenvalue weighted by Gasteiger charge is 2.13. The highest BCUT2D eigenvalue weighted by Crippen LogP contribution is 2.35. The summed E-state index contributed by atoms with van der Waals surface area (Å²) in [5.41, 5.74) is 3.03. The first-order valence-electron chi connectivity index (χ1n) is 8.56. The Labute approximate surface area is 158 Å². The quantitative estimate of drug-likeness (QED) is 0.572. The van der Waals surface area contributed by atoms with E-state index in [1.807, 2.05) is 47.8 Å². The molecule has 2 aromatic rings. The van der Waals surface area contributed by atoms with E-state index in [1.54, 1.807) is 0 Å². The summed E-state index contributed by atoms with van der Waals surface area (Å²) in [6, 6.07) is 18.6. The molecule has 126 valence electrons. The lowest BCUT2D eigenvalue weighted by Gasteiger charge is -2.18. The molecule has 1 aliphatic rings. The maximum atomic E-state index is 8.89. The number of nitriles is 1. The van der Waals surface area contributed by atoms with Gasteiger partial charge in [-0.05, 0) is 58.9 Å². The monoisotopic (exact) mass is 363 g/mol. The molecule has 0 fully saturated rings. The van der Waals surface area contributed by atoms with Crippen LogP contribution in [0.15, 0.2) is 76.6 Å². The number of hydrogen-bond donors (Lipinski definition) is 0. The molecule has 3 heteroatoms. The van der Waals surface area contributed by atoms with Crippen molar-refractivity contribution in [3.8, 4) is 17.2 Å². The molecule has 1 atom stereocenters. The lowest BCUT2D eigenvalue weighted by Crippen LogP contribution is -2.02. The first-order chi connectivity index (χ1) is 12.3. The van der Waals surface area contributed by atoms with Crippen molar-refractivity contribution in [2.45, 2.75) is 29.9 Å². The minimum Gasteiger partial charge on any atom is -0.192 e. The third-order valence-corrected chi connectivity index (χ3v) is 6.45. The summed E-state index contributed by atoms with van der Waals surface area (Å²) in [4.78, 5) is 2.80.